The van der Waals surface area contributed by atoms with E-state index in [1.807, 2.05) is 97.1 Å². The summed E-state index contributed by atoms with van der Waals surface area (Å²) in [5.74, 6) is 0. The summed E-state index contributed by atoms with van der Waals surface area (Å²) in [6.07, 6.45) is -11.0. The second kappa shape index (κ2) is 24.0. The summed E-state index contributed by atoms with van der Waals surface area (Å²) in [6, 6.07) is 63.6. The molecule has 0 saturated carbocycles. The average molecular weight is 1360 g/mol. The van der Waals surface area contributed by atoms with Crippen molar-refractivity contribution in [3.8, 4) is 0 Å². The number of phosphoric acid groups is 3. The van der Waals surface area contributed by atoms with Gasteiger partial charge in [-0.15, -0.1) is 0 Å². The fourth-order valence-corrected chi connectivity index (χ4v) is 19.3. The highest BCUT2D eigenvalue weighted by Crippen LogP contribution is 2.57. The lowest BCUT2D eigenvalue weighted by atomic mass is 9.87. The van der Waals surface area contributed by atoms with Gasteiger partial charge in [0.2, 0.25) is 0 Å². The summed E-state index contributed by atoms with van der Waals surface area (Å²) < 4.78 is 104. The van der Waals surface area contributed by atoms with E-state index in [-0.39, 0.29) is 25.9 Å². The second-order valence-electron chi connectivity index (χ2n) is 26.2. The molecule has 0 aromatic heterocycles. The molecule has 6 unspecified atom stereocenters. The molecular weight excluding hydrogens is 1290 g/mol. The molecule has 492 valence electrons. The van der Waals surface area contributed by atoms with Crippen molar-refractivity contribution in [3.63, 3.8) is 0 Å². The molecule has 0 bridgehead atoms. The van der Waals surface area contributed by atoms with Crippen molar-refractivity contribution in [2.75, 3.05) is 33.0 Å². The number of benzene rings is 14. The largest absolute Gasteiger partial charge is 0.472 e. The van der Waals surface area contributed by atoms with Gasteiger partial charge in [-0.2, -0.15) is 0 Å². The van der Waals surface area contributed by atoms with Gasteiger partial charge in [0.15, 0.2) is 0 Å². The summed E-state index contributed by atoms with van der Waals surface area (Å²) in [4.78, 5) is 34.9. The molecule has 97 heavy (non-hydrogen) atoms. The summed E-state index contributed by atoms with van der Waals surface area (Å²) in [5.41, 5.74) is 2.29. The van der Waals surface area contributed by atoms with Crippen LogP contribution < -0.4 is 0 Å². The summed E-state index contributed by atoms with van der Waals surface area (Å²) in [7, 11) is -15.2. The van der Waals surface area contributed by atoms with Gasteiger partial charge in [-0.1, -0.05) is 188 Å². The minimum atomic E-state index is -5.22. The summed E-state index contributed by atoms with van der Waals surface area (Å²) in [6.45, 7) is -2.09. The highest BCUT2D eigenvalue weighted by molar-refractivity contribution is 7.48. The average Bonchev–Trinajstić information content (AvgIpc) is 1.04. The van der Waals surface area contributed by atoms with Crippen molar-refractivity contribution in [3.05, 3.63) is 205 Å². The second-order valence-corrected chi connectivity index (χ2v) is 30.4. The Morgan fingerprint density at radius 2 is 0.660 bits per heavy atom. The number of rotatable bonds is 19. The first-order valence-corrected chi connectivity index (χ1v) is 37.3. The van der Waals surface area contributed by atoms with E-state index in [0.29, 0.717) is 6.42 Å². The molecule has 18 rings (SSSR count). The molecule has 4 heterocycles. The Morgan fingerprint density at radius 1 is 0.351 bits per heavy atom. The molecule has 14 aromatic carbocycles. The van der Waals surface area contributed by atoms with Gasteiger partial charge in [0, 0.05) is 25.9 Å². The lowest BCUT2D eigenvalue weighted by Crippen LogP contribution is -2.31. The molecule has 5 N–H and O–H groups in total. The Labute approximate surface area is 554 Å². The predicted octanol–water partition coefficient (Wildman–Crippen LogP) is 16.2. The number of ether oxygens (including phenoxy) is 4. The number of phosphoric ester groups is 3. The van der Waals surface area contributed by atoms with Crippen LogP contribution in [0.2, 0.25) is 0 Å². The zero-order valence-corrected chi connectivity index (χ0v) is 54.7. The SMILES string of the molecule is O=P(O)(OC[C@H]1OC(c2ccc3c4cccc5cccc(c6cccc2c63)c54)C[C@@H]1OP(=O)(O)OC[C@H]1OC(c2ccc3ccc4cccc5ccc2c3c45)C[C@@H]1OP(=O)(O)OC[C@H]1OCC[C@@H]1O)O[C@H]1CC(c2ccc3c4cccc5cccc(c6cccc2c63)c54)O[C@@H]1CO. The van der Waals surface area contributed by atoms with Crippen LogP contribution in [-0.4, -0.2) is 107 Å². The van der Waals surface area contributed by atoms with Crippen LogP contribution in [0.15, 0.2) is 188 Å². The third-order valence-corrected chi connectivity index (χ3v) is 23.7. The van der Waals surface area contributed by atoms with Crippen LogP contribution in [-0.2, 0) is 59.8 Å². The fourth-order valence-electron chi connectivity index (χ4n) is 16.4. The van der Waals surface area contributed by atoms with Crippen molar-refractivity contribution in [2.45, 2.75) is 92.8 Å². The van der Waals surface area contributed by atoms with Gasteiger partial charge in [0.1, 0.15) is 42.7 Å². The van der Waals surface area contributed by atoms with Crippen LogP contribution in [0.1, 0.15) is 60.7 Å². The maximum Gasteiger partial charge on any atom is 0.472 e. The van der Waals surface area contributed by atoms with Crippen LogP contribution >= 0.6 is 23.5 Å². The lowest BCUT2D eigenvalue weighted by Gasteiger charge is -2.25. The first-order chi connectivity index (χ1) is 47.1. The molecule has 4 aliphatic rings. The summed E-state index contributed by atoms with van der Waals surface area (Å²) >= 11 is 0. The van der Waals surface area contributed by atoms with Gasteiger partial charge < -0.3 is 43.8 Å². The van der Waals surface area contributed by atoms with E-state index >= 15 is 0 Å². The zero-order valence-electron chi connectivity index (χ0n) is 52.0. The molecule has 0 aliphatic carbocycles. The lowest BCUT2D eigenvalue weighted by molar-refractivity contribution is -0.0458. The van der Waals surface area contributed by atoms with E-state index < -0.39 is 117 Å². The molecule has 21 heteroatoms. The van der Waals surface area contributed by atoms with Gasteiger partial charge in [-0.25, -0.2) is 13.7 Å². The Kier molecular flexibility index (Phi) is 15.4. The number of hydrogen-bond donors (Lipinski definition) is 5. The van der Waals surface area contributed by atoms with Crippen molar-refractivity contribution in [2.24, 2.45) is 0 Å². The van der Waals surface area contributed by atoms with Gasteiger partial charge in [0.25, 0.3) is 0 Å². The van der Waals surface area contributed by atoms with E-state index in [1.165, 1.54) is 5.39 Å². The van der Waals surface area contributed by atoms with Crippen LogP contribution in [0.4, 0.5) is 0 Å². The van der Waals surface area contributed by atoms with E-state index in [2.05, 4.69) is 91.0 Å². The standard InChI is InChI=1S/C76H65O18P3/c77-37-67-64(34-61(89-67)47-28-30-58-53-16-4-12-41-10-2-14-51(72(41)53)55-20-6-18-49(47)75(55)58)92-96(81,82)87-39-70-66(36-63(91-70)48-29-31-59-54-17-5-13-42-11-3-15-52(73(42)54)56-21-7-19-50(48)76(56)59)94-97(83,84)88-40-69-65(93-95(79,80)86-38-68-60(78)32-33-85-68)35-62(90-69)46-26-24-45-23-22-43-8-1-9-44-25-27-57(46)74(45)71(43)44/h1-31,60-70,77-78H,32-40H2,(H,79,80)(H,81,82)(H,83,84)/t60-,61?,62?,63?,64-,65-,66-,67+,68+,69+,70+/m0/s1. The third kappa shape index (κ3) is 10.8. The Balaban J connectivity index is 0.633. The molecule has 18 nitrogen and oxygen atoms in total. The maximum atomic E-state index is 14.7. The van der Waals surface area contributed by atoms with Crippen LogP contribution in [0.5, 0.6) is 0 Å². The highest BCUT2D eigenvalue weighted by Gasteiger charge is 2.48. The predicted molar refractivity (Wildman–Crippen MR) is 372 cm³/mol. The van der Waals surface area contributed by atoms with Crippen LogP contribution in [0.3, 0.4) is 0 Å². The molecule has 4 saturated heterocycles. The molecule has 0 amide bonds. The molecule has 0 radical (unpaired) electrons. The number of aliphatic hydroxyl groups excluding tert-OH is 2. The Morgan fingerprint density at radius 3 is 1.09 bits per heavy atom. The van der Waals surface area contributed by atoms with Crippen LogP contribution in [0, 0.1) is 0 Å². The number of fused-ring (bicyclic) bond motifs is 4. The van der Waals surface area contributed by atoms with Crippen molar-refractivity contribution in [1.29, 1.82) is 0 Å². The van der Waals surface area contributed by atoms with Gasteiger partial charge in [-0.3, -0.25) is 27.1 Å². The quantitative estimate of drug-likeness (QED) is 0.0287. The fraction of sp³-hybridized carbons (Fsp3) is 0.263. The minimum Gasteiger partial charge on any atom is -0.394 e. The zero-order chi connectivity index (χ0) is 65.6. The van der Waals surface area contributed by atoms with E-state index in [1.54, 1.807) is 0 Å². The van der Waals surface area contributed by atoms with Gasteiger partial charge in [-0.05, 0) is 142 Å². The molecular formula is C76H65O18P3. The first-order valence-electron chi connectivity index (χ1n) is 32.8. The molecule has 14 atom stereocenters. The van der Waals surface area contributed by atoms with Crippen molar-refractivity contribution in [1.82, 2.24) is 0 Å². The molecule has 14 aromatic rings. The Hall–Kier alpha value is -7.19. The summed E-state index contributed by atoms with van der Waals surface area (Å²) in [5, 5.41) is 44.2. The van der Waals surface area contributed by atoms with E-state index in [0.717, 1.165) is 130 Å². The monoisotopic (exact) mass is 1360 g/mol. The minimum absolute atomic E-state index is 0.00848. The number of aliphatic hydroxyl groups is 2. The maximum absolute atomic E-state index is 14.7. The topological polar surface area (TPSA) is 245 Å². The first kappa shape index (κ1) is 62.1. The highest BCUT2D eigenvalue weighted by atomic mass is 31.2. The number of hydrogen-bond acceptors (Lipinski definition) is 15. The molecule has 4 fully saturated rings. The van der Waals surface area contributed by atoms with Crippen LogP contribution in [0.25, 0.3) is 118 Å². The van der Waals surface area contributed by atoms with Gasteiger partial charge >= 0.3 is 23.5 Å². The third-order valence-electron chi connectivity index (χ3n) is 20.7. The molecule has 4 aliphatic heterocycles. The smallest absolute Gasteiger partial charge is 0.394 e. The van der Waals surface area contributed by atoms with Gasteiger partial charge in [0.05, 0.1) is 50.8 Å². The van der Waals surface area contributed by atoms with Crippen molar-refractivity contribution < 1.29 is 84.7 Å². The van der Waals surface area contributed by atoms with E-state index in [4.69, 9.17) is 46.1 Å². The normalized spacial score (nSPS) is 26.1. The molecule has 0 spiro atoms. The van der Waals surface area contributed by atoms with E-state index in [9.17, 15) is 38.6 Å². The Bertz CT molecular complexity index is 5460. The van der Waals surface area contributed by atoms with Crippen molar-refractivity contribution >= 4 is 142 Å².